The highest BCUT2D eigenvalue weighted by Gasteiger charge is 2.26. The van der Waals surface area contributed by atoms with Gasteiger partial charge in [-0.05, 0) is 39.5 Å². The minimum Gasteiger partial charge on any atom is -0.380 e. The predicted molar refractivity (Wildman–Crippen MR) is 88.0 cm³/mol. The smallest absolute Gasteiger partial charge is 0.184 e. The molecule has 2 aromatic heterocycles. The summed E-state index contributed by atoms with van der Waals surface area (Å²) in [5.41, 5.74) is 7.99. The van der Waals surface area contributed by atoms with E-state index >= 15 is 0 Å². The van der Waals surface area contributed by atoms with E-state index in [9.17, 15) is 0 Å². The van der Waals surface area contributed by atoms with E-state index in [1.807, 2.05) is 18.5 Å². The van der Waals surface area contributed by atoms with E-state index in [2.05, 4.69) is 10.2 Å². The lowest BCUT2D eigenvalue weighted by atomic mass is 9.86. The van der Waals surface area contributed by atoms with Gasteiger partial charge in [-0.3, -0.25) is 5.10 Å². The number of ether oxygens (including phenoxy) is 1. The largest absolute Gasteiger partial charge is 0.380 e. The van der Waals surface area contributed by atoms with E-state index in [4.69, 9.17) is 20.6 Å². The minimum absolute atomic E-state index is 0.335. The Hall–Kier alpha value is -1.73. The average molecular weight is 318 g/mol. The number of hydrogen-bond acceptors (Lipinski definition) is 5. The van der Waals surface area contributed by atoms with Crippen molar-refractivity contribution in [3.8, 4) is 11.4 Å². The van der Waals surface area contributed by atoms with Crippen molar-refractivity contribution in [2.24, 2.45) is 5.73 Å². The quantitative estimate of drug-likeness (QED) is 0.794. The fourth-order valence-corrected chi connectivity index (χ4v) is 3.18. The summed E-state index contributed by atoms with van der Waals surface area (Å²) in [6, 6.07) is 0.335. The van der Waals surface area contributed by atoms with E-state index in [1.165, 1.54) is 0 Å². The van der Waals surface area contributed by atoms with Gasteiger partial charge in [0.05, 0.1) is 24.9 Å². The van der Waals surface area contributed by atoms with Gasteiger partial charge in [0.25, 0.3) is 0 Å². The Kier molecular flexibility index (Phi) is 5.07. The van der Waals surface area contributed by atoms with Gasteiger partial charge in [0, 0.05) is 24.3 Å². The summed E-state index contributed by atoms with van der Waals surface area (Å²) in [7, 11) is 0. The Labute approximate surface area is 136 Å². The van der Waals surface area contributed by atoms with Crippen LogP contribution in [0.25, 0.3) is 11.4 Å². The fourth-order valence-electron chi connectivity index (χ4n) is 3.18. The van der Waals surface area contributed by atoms with Crippen molar-refractivity contribution in [1.29, 1.82) is 0 Å². The van der Waals surface area contributed by atoms with Gasteiger partial charge in [0.2, 0.25) is 0 Å². The number of hydrogen-bond donors (Lipinski definition) is 2. The second kappa shape index (κ2) is 7.23. The van der Waals surface area contributed by atoms with Gasteiger partial charge in [0.1, 0.15) is 5.82 Å². The van der Waals surface area contributed by atoms with Gasteiger partial charge in [-0.15, -0.1) is 0 Å². The van der Waals surface area contributed by atoms with Crippen molar-refractivity contribution in [2.45, 2.75) is 58.0 Å². The molecule has 1 aliphatic carbocycles. The Balaban J connectivity index is 1.86. The fraction of sp³-hybridized carbons (Fsp3) is 0.688. The molecule has 2 heterocycles. The first-order valence-electron chi connectivity index (χ1n) is 8.47. The maximum absolute atomic E-state index is 6.04. The molecule has 126 valence electrons. The summed E-state index contributed by atoms with van der Waals surface area (Å²) in [5.74, 6) is 2.25. The van der Waals surface area contributed by atoms with Gasteiger partial charge in [-0.25, -0.2) is 9.67 Å². The van der Waals surface area contributed by atoms with Crippen LogP contribution in [0.2, 0.25) is 0 Å². The van der Waals surface area contributed by atoms with Gasteiger partial charge >= 0.3 is 0 Å². The van der Waals surface area contributed by atoms with Crippen molar-refractivity contribution in [3.63, 3.8) is 0 Å². The van der Waals surface area contributed by atoms with Crippen LogP contribution in [0.3, 0.4) is 0 Å². The van der Waals surface area contributed by atoms with Crippen molar-refractivity contribution < 1.29 is 4.74 Å². The van der Waals surface area contributed by atoms with Crippen molar-refractivity contribution >= 4 is 0 Å². The summed E-state index contributed by atoms with van der Waals surface area (Å²) in [4.78, 5) is 4.84. The molecule has 7 heteroatoms. The maximum atomic E-state index is 6.04. The molecule has 0 spiro atoms. The molecule has 0 bridgehead atoms. The highest BCUT2D eigenvalue weighted by atomic mass is 16.5. The summed E-state index contributed by atoms with van der Waals surface area (Å²) in [6.45, 7) is 6.10. The van der Waals surface area contributed by atoms with Crippen LogP contribution < -0.4 is 5.73 Å². The van der Waals surface area contributed by atoms with Gasteiger partial charge in [-0.1, -0.05) is 0 Å². The second-order valence-corrected chi connectivity index (χ2v) is 6.23. The molecule has 2 aromatic rings. The zero-order valence-corrected chi connectivity index (χ0v) is 14.0. The van der Waals surface area contributed by atoms with Crippen LogP contribution in [0.4, 0.5) is 0 Å². The van der Waals surface area contributed by atoms with E-state index in [1.54, 1.807) is 6.20 Å². The molecule has 0 atom stereocenters. The lowest BCUT2D eigenvalue weighted by Gasteiger charge is -2.25. The molecule has 3 rings (SSSR count). The number of nitrogens with two attached hydrogens (primary N) is 1. The molecule has 1 aliphatic rings. The molecule has 23 heavy (non-hydrogen) atoms. The van der Waals surface area contributed by atoms with E-state index in [0.29, 0.717) is 18.6 Å². The molecule has 0 unspecified atom stereocenters. The van der Waals surface area contributed by atoms with Crippen molar-refractivity contribution in [2.75, 3.05) is 13.2 Å². The third kappa shape index (κ3) is 3.61. The lowest BCUT2D eigenvalue weighted by molar-refractivity contribution is 0.134. The predicted octanol–water partition coefficient (Wildman–Crippen LogP) is 2.00. The van der Waals surface area contributed by atoms with Crippen LogP contribution in [-0.2, 0) is 11.3 Å². The molecule has 1 fully saturated rings. The topological polar surface area (TPSA) is 94.6 Å². The summed E-state index contributed by atoms with van der Waals surface area (Å²) in [5, 5.41) is 11.7. The van der Waals surface area contributed by atoms with Crippen LogP contribution in [-0.4, -0.2) is 44.2 Å². The Morgan fingerprint density at radius 2 is 2.13 bits per heavy atom. The van der Waals surface area contributed by atoms with Crippen LogP contribution in [0.15, 0.2) is 6.20 Å². The van der Waals surface area contributed by atoms with Gasteiger partial charge in [0.15, 0.2) is 5.82 Å². The molecular formula is C16H26N6O. The Morgan fingerprint density at radius 1 is 1.35 bits per heavy atom. The van der Waals surface area contributed by atoms with Crippen molar-refractivity contribution in [1.82, 2.24) is 25.0 Å². The average Bonchev–Trinajstić information content (AvgIpc) is 3.15. The normalized spacial score (nSPS) is 21.7. The molecule has 0 radical (unpaired) electrons. The van der Waals surface area contributed by atoms with Crippen LogP contribution in [0.5, 0.6) is 0 Å². The number of rotatable bonds is 6. The SMILES string of the molecule is CCOCCn1nc(-c2cn[nH]c2C)nc1C1CCC(N)CC1. The number of nitrogens with zero attached hydrogens (tertiary/aromatic N) is 4. The van der Waals surface area contributed by atoms with Crippen molar-refractivity contribution in [3.05, 3.63) is 17.7 Å². The minimum atomic E-state index is 0.335. The highest BCUT2D eigenvalue weighted by molar-refractivity contribution is 5.56. The van der Waals surface area contributed by atoms with E-state index in [0.717, 1.165) is 61.7 Å². The molecular weight excluding hydrogens is 292 g/mol. The maximum Gasteiger partial charge on any atom is 0.184 e. The summed E-state index contributed by atoms with van der Waals surface area (Å²) >= 11 is 0. The lowest BCUT2D eigenvalue weighted by Crippen LogP contribution is -2.27. The number of nitrogens with one attached hydrogen (secondary N) is 1. The zero-order valence-electron chi connectivity index (χ0n) is 14.0. The second-order valence-electron chi connectivity index (χ2n) is 6.23. The molecule has 3 N–H and O–H groups in total. The van der Waals surface area contributed by atoms with Gasteiger partial charge < -0.3 is 10.5 Å². The molecule has 7 nitrogen and oxygen atoms in total. The first-order valence-corrected chi connectivity index (χ1v) is 8.47. The Morgan fingerprint density at radius 3 is 2.78 bits per heavy atom. The summed E-state index contributed by atoms with van der Waals surface area (Å²) in [6.07, 6.45) is 6.07. The third-order valence-electron chi connectivity index (χ3n) is 4.56. The molecule has 1 saturated carbocycles. The van der Waals surface area contributed by atoms with Crippen LogP contribution in [0.1, 0.15) is 50.0 Å². The molecule has 0 aliphatic heterocycles. The highest BCUT2D eigenvalue weighted by Crippen LogP contribution is 2.32. The number of aromatic nitrogens is 5. The number of aromatic amines is 1. The van der Waals surface area contributed by atoms with E-state index in [-0.39, 0.29) is 0 Å². The molecule has 0 saturated heterocycles. The molecule has 0 aromatic carbocycles. The monoisotopic (exact) mass is 318 g/mol. The molecule has 0 amide bonds. The first kappa shape index (κ1) is 16.1. The number of H-pyrrole nitrogens is 1. The zero-order chi connectivity index (χ0) is 16.2. The summed E-state index contributed by atoms with van der Waals surface area (Å²) < 4.78 is 7.51. The number of aryl methyl sites for hydroxylation is 1. The standard InChI is InChI=1S/C16H26N6O/c1-3-23-9-8-22-16(12-4-6-13(17)7-5-12)19-15(21-22)14-10-18-20-11(14)2/h10,12-13H,3-9,17H2,1-2H3,(H,18,20). The van der Waals surface area contributed by atoms with Gasteiger partial charge in [-0.2, -0.15) is 10.2 Å². The Bertz CT molecular complexity index is 626. The van der Waals surface area contributed by atoms with E-state index < -0.39 is 0 Å². The van der Waals surface area contributed by atoms with Crippen LogP contribution >= 0.6 is 0 Å². The van der Waals surface area contributed by atoms with Crippen LogP contribution in [0, 0.1) is 6.92 Å². The first-order chi connectivity index (χ1) is 11.2. The third-order valence-corrected chi connectivity index (χ3v) is 4.56.